The molecule has 0 aliphatic rings. The minimum atomic E-state index is 0. The molecule has 0 atom stereocenters. The summed E-state index contributed by atoms with van der Waals surface area (Å²) in [6.45, 7) is 4.24. The smallest absolute Gasteiger partial charge is 0.0456 e. The SMILES string of the molecule is C.Cc1ccc2[nH]cc(C)c2c1. The fraction of sp³-hybridized carbons (Fsp3) is 0.273. The highest BCUT2D eigenvalue weighted by Gasteiger charge is 1.97. The van der Waals surface area contributed by atoms with E-state index in [0.717, 1.165) is 0 Å². The second-order valence-electron chi connectivity index (χ2n) is 3.02. The Morgan fingerprint density at radius 1 is 1.17 bits per heavy atom. The van der Waals surface area contributed by atoms with Gasteiger partial charge in [0.2, 0.25) is 0 Å². The Hall–Kier alpha value is -1.24. The van der Waals surface area contributed by atoms with Crippen LogP contribution in [-0.2, 0) is 0 Å². The Kier molecular flexibility index (Phi) is 2.22. The number of aromatic nitrogens is 1. The first-order valence-electron chi connectivity index (χ1n) is 3.82. The van der Waals surface area contributed by atoms with E-state index in [-0.39, 0.29) is 7.43 Å². The summed E-state index contributed by atoms with van der Waals surface area (Å²) in [5.74, 6) is 0. The van der Waals surface area contributed by atoms with Gasteiger partial charge in [-0.15, -0.1) is 0 Å². The van der Waals surface area contributed by atoms with Crippen molar-refractivity contribution in [2.75, 3.05) is 0 Å². The second-order valence-corrected chi connectivity index (χ2v) is 3.02. The van der Waals surface area contributed by atoms with E-state index in [1.54, 1.807) is 0 Å². The first kappa shape index (κ1) is 8.85. The fourth-order valence-corrected chi connectivity index (χ4v) is 1.37. The monoisotopic (exact) mass is 161 g/mol. The molecular weight excluding hydrogens is 146 g/mol. The van der Waals surface area contributed by atoms with Crippen LogP contribution in [0.4, 0.5) is 0 Å². The molecule has 1 N–H and O–H groups in total. The van der Waals surface area contributed by atoms with Crippen molar-refractivity contribution in [2.45, 2.75) is 21.3 Å². The topological polar surface area (TPSA) is 15.8 Å². The predicted octanol–water partition coefficient (Wildman–Crippen LogP) is 3.42. The van der Waals surface area contributed by atoms with E-state index in [9.17, 15) is 0 Å². The molecule has 0 aliphatic carbocycles. The lowest BCUT2D eigenvalue weighted by atomic mass is 10.1. The van der Waals surface area contributed by atoms with Crippen LogP contribution in [-0.4, -0.2) is 4.98 Å². The zero-order valence-corrected chi connectivity index (χ0v) is 6.81. The highest BCUT2D eigenvalue weighted by atomic mass is 14.7. The third-order valence-electron chi connectivity index (χ3n) is 2.04. The van der Waals surface area contributed by atoms with Gasteiger partial charge in [-0.1, -0.05) is 19.1 Å². The van der Waals surface area contributed by atoms with Gasteiger partial charge in [0, 0.05) is 17.1 Å². The van der Waals surface area contributed by atoms with Gasteiger partial charge in [-0.05, 0) is 31.5 Å². The third-order valence-corrected chi connectivity index (χ3v) is 2.04. The van der Waals surface area contributed by atoms with Crippen molar-refractivity contribution in [3.8, 4) is 0 Å². The van der Waals surface area contributed by atoms with Gasteiger partial charge in [-0.2, -0.15) is 0 Å². The molecule has 64 valence electrons. The number of aromatic amines is 1. The summed E-state index contributed by atoms with van der Waals surface area (Å²) < 4.78 is 0. The number of aryl methyl sites for hydroxylation is 2. The molecule has 1 heterocycles. The van der Waals surface area contributed by atoms with Crippen molar-refractivity contribution in [1.82, 2.24) is 4.98 Å². The summed E-state index contributed by atoms with van der Waals surface area (Å²) >= 11 is 0. The van der Waals surface area contributed by atoms with Crippen molar-refractivity contribution < 1.29 is 0 Å². The summed E-state index contributed by atoms with van der Waals surface area (Å²) in [6, 6.07) is 6.46. The van der Waals surface area contributed by atoms with Crippen molar-refractivity contribution in [3.63, 3.8) is 0 Å². The molecule has 0 saturated carbocycles. The molecule has 1 nitrogen and oxygen atoms in total. The molecule has 0 unspecified atom stereocenters. The highest BCUT2D eigenvalue weighted by molar-refractivity contribution is 5.83. The quantitative estimate of drug-likeness (QED) is 0.609. The standard InChI is InChI=1S/C10H11N.CH4/c1-7-3-4-10-9(5-7)8(2)6-11-10;/h3-6,11H,1-2H3;1H4. The van der Waals surface area contributed by atoms with Crippen molar-refractivity contribution >= 4 is 10.9 Å². The summed E-state index contributed by atoms with van der Waals surface area (Å²) in [5.41, 5.74) is 3.87. The Balaban J connectivity index is 0.000000720. The van der Waals surface area contributed by atoms with E-state index < -0.39 is 0 Å². The van der Waals surface area contributed by atoms with Crippen LogP contribution in [0.5, 0.6) is 0 Å². The fourth-order valence-electron chi connectivity index (χ4n) is 1.37. The molecule has 0 spiro atoms. The van der Waals surface area contributed by atoms with E-state index in [2.05, 4.69) is 37.0 Å². The lowest BCUT2D eigenvalue weighted by molar-refractivity contribution is 1.42. The number of H-pyrrole nitrogens is 1. The first-order chi connectivity index (χ1) is 5.27. The maximum Gasteiger partial charge on any atom is 0.0456 e. The molecule has 0 saturated heterocycles. The van der Waals surface area contributed by atoms with Gasteiger partial charge in [0.25, 0.3) is 0 Å². The van der Waals surface area contributed by atoms with Crippen molar-refractivity contribution in [2.24, 2.45) is 0 Å². The number of rotatable bonds is 0. The molecule has 0 radical (unpaired) electrons. The van der Waals surface area contributed by atoms with Crippen LogP contribution >= 0.6 is 0 Å². The molecule has 0 amide bonds. The van der Waals surface area contributed by atoms with E-state index in [1.807, 2.05) is 6.20 Å². The number of benzene rings is 1. The molecule has 1 aromatic heterocycles. The summed E-state index contributed by atoms with van der Waals surface area (Å²) in [4.78, 5) is 3.22. The molecule has 12 heavy (non-hydrogen) atoms. The number of nitrogens with one attached hydrogen (secondary N) is 1. The predicted molar refractivity (Wildman–Crippen MR) is 54.5 cm³/mol. The molecule has 0 bridgehead atoms. The Labute approximate surface area is 73.4 Å². The molecular formula is C11H15N. The number of hydrogen-bond acceptors (Lipinski definition) is 0. The summed E-state index contributed by atoms with van der Waals surface area (Å²) in [6.07, 6.45) is 2.05. The van der Waals surface area contributed by atoms with Crippen molar-refractivity contribution in [3.05, 3.63) is 35.5 Å². The van der Waals surface area contributed by atoms with Gasteiger partial charge >= 0.3 is 0 Å². The van der Waals surface area contributed by atoms with Gasteiger partial charge in [-0.3, -0.25) is 0 Å². The summed E-state index contributed by atoms with van der Waals surface area (Å²) in [5, 5.41) is 1.34. The Morgan fingerprint density at radius 3 is 2.67 bits per heavy atom. The van der Waals surface area contributed by atoms with Crippen LogP contribution in [0.3, 0.4) is 0 Å². The maximum absolute atomic E-state index is 3.22. The molecule has 2 aromatic rings. The molecule has 0 aliphatic heterocycles. The highest BCUT2D eigenvalue weighted by Crippen LogP contribution is 2.17. The average Bonchev–Trinajstić information content (AvgIpc) is 2.33. The zero-order valence-electron chi connectivity index (χ0n) is 6.81. The Morgan fingerprint density at radius 2 is 1.92 bits per heavy atom. The van der Waals surface area contributed by atoms with Gasteiger partial charge < -0.3 is 4.98 Å². The molecule has 2 rings (SSSR count). The van der Waals surface area contributed by atoms with Gasteiger partial charge in [0.1, 0.15) is 0 Å². The lowest BCUT2D eigenvalue weighted by Gasteiger charge is -1.92. The van der Waals surface area contributed by atoms with E-state index in [0.29, 0.717) is 0 Å². The van der Waals surface area contributed by atoms with Crippen molar-refractivity contribution in [1.29, 1.82) is 0 Å². The minimum Gasteiger partial charge on any atom is -0.361 e. The van der Waals surface area contributed by atoms with Gasteiger partial charge in [-0.25, -0.2) is 0 Å². The first-order valence-corrected chi connectivity index (χ1v) is 3.82. The number of hydrogen-bond donors (Lipinski definition) is 1. The normalized spacial score (nSPS) is 9.83. The molecule has 1 aromatic carbocycles. The van der Waals surface area contributed by atoms with Crippen LogP contribution in [0.1, 0.15) is 18.6 Å². The van der Waals surface area contributed by atoms with E-state index in [4.69, 9.17) is 0 Å². The van der Waals surface area contributed by atoms with Crippen LogP contribution in [0.2, 0.25) is 0 Å². The number of fused-ring (bicyclic) bond motifs is 1. The Bertz CT molecular complexity index is 385. The zero-order chi connectivity index (χ0) is 7.84. The summed E-state index contributed by atoms with van der Waals surface area (Å²) in [7, 11) is 0. The molecule has 0 fully saturated rings. The minimum absolute atomic E-state index is 0. The van der Waals surface area contributed by atoms with Gasteiger partial charge in [0.05, 0.1) is 0 Å². The van der Waals surface area contributed by atoms with E-state index >= 15 is 0 Å². The largest absolute Gasteiger partial charge is 0.361 e. The van der Waals surface area contributed by atoms with Crippen LogP contribution in [0.15, 0.2) is 24.4 Å². The van der Waals surface area contributed by atoms with Crippen LogP contribution in [0.25, 0.3) is 10.9 Å². The van der Waals surface area contributed by atoms with Crippen LogP contribution in [0, 0.1) is 13.8 Å². The van der Waals surface area contributed by atoms with Gasteiger partial charge in [0.15, 0.2) is 0 Å². The van der Waals surface area contributed by atoms with Crippen LogP contribution < -0.4 is 0 Å². The second kappa shape index (κ2) is 3.02. The lowest BCUT2D eigenvalue weighted by Crippen LogP contribution is -1.72. The average molecular weight is 161 g/mol. The van der Waals surface area contributed by atoms with E-state index in [1.165, 1.54) is 22.0 Å². The maximum atomic E-state index is 3.22. The third kappa shape index (κ3) is 1.22. The molecule has 1 heteroatoms.